The first kappa shape index (κ1) is 19.9. The Labute approximate surface area is 152 Å². The van der Waals surface area contributed by atoms with E-state index in [-0.39, 0.29) is 11.8 Å². The normalized spacial score (nSPS) is 20.1. The van der Waals surface area contributed by atoms with Crippen molar-refractivity contribution in [1.82, 2.24) is 5.48 Å². The Balaban J connectivity index is 2.49. The lowest BCUT2D eigenvalue weighted by Gasteiger charge is -2.42. The van der Waals surface area contributed by atoms with Gasteiger partial charge in [-0.3, -0.25) is 14.2 Å². The molecule has 0 bridgehead atoms. The van der Waals surface area contributed by atoms with Crippen LogP contribution in [0.5, 0.6) is 5.75 Å². The van der Waals surface area contributed by atoms with Crippen LogP contribution in [0, 0.1) is 17.8 Å². The molecule has 1 amide bonds. The zero-order chi connectivity index (χ0) is 18.6. The molecule has 0 aromatic heterocycles. The Morgan fingerprint density at radius 2 is 1.84 bits per heavy atom. The fourth-order valence-corrected chi connectivity index (χ4v) is 6.31. The van der Waals surface area contributed by atoms with E-state index < -0.39 is 27.4 Å². The van der Waals surface area contributed by atoms with Crippen LogP contribution in [0.4, 0.5) is 0 Å². The molecule has 1 aromatic rings. The van der Waals surface area contributed by atoms with Gasteiger partial charge in [0.2, 0.25) is 5.91 Å². The van der Waals surface area contributed by atoms with Crippen LogP contribution in [0.15, 0.2) is 29.2 Å². The van der Waals surface area contributed by atoms with Gasteiger partial charge in [-0.15, -0.1) is 0 Å². The minimum atomic E-state index is -1.39. The Bertz CT molecular complexity index is 610. The van der Waals surface area contributed by atoms with Crippen LogP contribution in [0.3, 0.4) is 0 Å². The highest BCUT2D eigenvalue weighted by Gasteiger charge is 2.51. The van der Waals surface area contributed by atoms with Crippen molar-refractivity contribution in [3.05, 3.63) is 24.3 Å². The summed E-state index contributed by atoms with van der Waals surface area (Å²) in [6, 6.07) is 7.18. The summed E-state index contributed by atoms with van der Waals surface area (Å²) >= 11 is 0. The second kappa shape index (κ2) is 8.32. The number of carbonyl (C=O) groups excluding carboxylic acids is 1. The smallest absolute Gasteiger partial charge is 0.248 e. The van der Waals surface area contributed by atoms with Crippen LogP contribution in [0.25, 0.3) is 0 Å². The maximum absolute atomic E-state index is 13.6. The molecule has 3 atom stereocenters. The Hall–Kier alpha value is -1.40. The van der Waals surface area contributed by atoms with Gasteiger partial charge in [0.15, 0.2) is 0 Å². The van der Waals surface area contributed by atoms with Gasteiger partial charge in [0.25, 0.3) is 0 Å². The number of hydrogen-bond donors (Lipinski definition) is 2. The van der Waals surface area contributed by atoms with E-state index in [2.05, 4.69) is 0 Å². The van der Waals surface area contributed by atoms with Gasteiger partial charge < -0.3 is 4.74 Å². The number of benzene rings is 1. The van der Waals surface area contributed by atoms with Crippen molar-refractivity contribution in [3.8, 4) is 5.75 Å². The van der Waals surface area contributed by atoms with Gasteiger partial charge in [-0.2, -0.15) is 0 Å². The first-order valence-electron chi connectivity index (χ1n) is 8.86. The summed E-state index contributed by atoms with van der Waals surface area (Å²) in [5.41, 5.74) is 1.81. The summed E-state index contributed by atoms with van der Waals surface area (Å²) in [5.74, 6) is -0.147. The van der Waals surface area contributed by atoms with E-state index in [4.69, 9.17) is 4.74 Å². The lowest BCUT2D eigenvalue weighted by atomic mass is 9.75. The summed E-state index contributed by atoms with van der Waals surface area (Å²) < 4.78 is 18.1. The van der Waals surface area contributed by atoms with Gasteiger partial charge in [0, 0.05) is 4.90 Å². The van der Waals surface area contributed by atoms with Crippen molar-refractivity contribution in [1.29, 1.82) is 0 Å². The van der Waals surface area contributed by atoms with Crippen LogP contribution >= 0.6 is 0 Å². The van der Waals surface area contributed by atoms with E-state index in [1.165, 1.54) is 0 Å². The third-order valence-electron chi connectivity index (χ3n) is 5.52. The molecule has 1 fully saturated rings. The summed E-state index contributed by atoms with van der Waals surface area (Å²) in [5, 5.41) is 9.27. The van der Waals surface area contributed by atoms with Gasteiger partial charge in [-0.25, -0.2) is 5.48 Å². The van der Waals surface area contributed by atoms with Crippen molar-refractivity contribution < 1.29 is 18.9 Å². The summed E-state index contributed by atoms with van der Waals surface area (Å²) in [6.07, 6.45) is 4.10. The third kappa shape index (κ3) is 3.90. The summed E-state index contributed by atoms with van der Waals surface area (Å²) in [4.78, 5) is 13.2. The third-order valence-corrected chi connectivity index (χ3v) is 7.60. The number of rotatable bonds is 7. The monoisotopic (exact) mass is 367 g/mol. The molecule has 140 valence electrons. The van der Waals surface area contributed by atoms with Crippen LogP contribution in [0.2, 0.25) is 0 Å². The molecule has 25 heavy (non-hydrogen) atoms. The topological polar surface area (TPSA) is 75.6 Å². The van der Waals surface area contributed by atoms with E-state index in [9.17, 15) is 14.2 Å². The van der Waals surface area contributed by atoms with E-state index >= 15 is 0 Å². The van der Waals surface area contributed by atoms with Crippen LogP contribution in [-0.4, -0.2) is 27.2 Å². The maximum Gasteiger partial charge on any atom is 0.248 e. The lowest BCUT2D eigenvalue weighted by Crippen LogP contribution is -2.53. The highest BCUT2D eigenvalue weighted by Crippen LogP contribution is 2.46. The molecule has 0 saturated heterocycles. The molecule has 1 aliphatic rings. The van der Waals surface area contributed by atoms with Gasteiger partial charge >= 0.3 is 0 Å². The van der Waals surface area contributed by atoms with E-state index in [1.807, 2.05) is 20.8 Å². The number of hydroxylamine groups is 1. The molecule has 1 saturated carbocycles. The highest BCUT2D eigenvalue weighted by molar-refractivity contribution is 7.86. The quantitative estimate of drug-likeness (QED) is 0.571. The van der Waals surface area contributed by atoms with Crippen molar-refractivity contribution in [2.45, 2.75) is 56.1 Å². The predicted octanol–water partition coefficient (Wildman–Crippen LogP) is 3.53. The van der Waals surface area contributed by atoms with E-state index in [1.54, 1.807) is 36.9 Å². The Morgan fingerprint density at radius 1 is 1.28 bits per heavy atom. The maximum atomic E-state index is 13.6. The average molecular weight is 368 g/mol. The standard InChI is InChI=1S/C19H29NO4S/c1-13(2)17(18(21)20-22)19(3,14-7-5-6-8-14)25(23)16-11-9-15(24-4)10-12-16/h9-14,17,22H,5-8H2,1-4H3,(H,20,21). The van der Waals surface area contributed by atoms with Crippen molar-refractivity contribution >= 4 is 16.7 Å². The zero-order valence-corrected chi connectivity index (χ0v) is 16.3. The molecular formula is C19H29NO4S. The molecule has 1 aliphatic carbocycles. The van der Waals surface area contributed by atoms with E-state index in [0.717, 1.165) is 25.7 Å². The van der Waals surface area contributed by atoms with Gasteiger partial charge in [0.05, 0.1) is 28.6 Å². The number of ether oxygens (including phenoxy) is 1. The van der Waals surface area contributed by atoms with Gasteiger partial charge in [0.1, 0.15) is 5.75 Å². The Morgan fingerprint density at radius 3 is 2.28 bits per heavy atom. The van der Waals surface area contributed by atoms with Crippen LogP contribution in [0.1, 0.15) is 46.5 Å². The number of nitrogens with one attached hydrogen (secondary N) is 1. The lowest BCUT2D eigenvalue weighted by molar-refractivity contribution is -0.136. The van der Waals surface area contributed by atoms with Crippen molar-refractivity contribution in [3.63, 3.8) is 0 Å². The highest BCUT2D eigenvalue weighted by atomic mass is 32.2. The molecular weight excluding hydrogens is 338 g/mol. The minimum absolute atomic E-state index is 0.0417. The average Bonchev–Trinajstić information content (AvgIpc) is 3.15. The zero-order valence-electron chi connectivity index (χ0n) is 15.5. The number of amides is 1. The number of methoxy groups -OCH3 is 1. The molecule has 2 N–H and O–H groups in total. The van der Waals surface area contributed by atoms with Crippen LogP contribution < -0.4 is 10.2 Å². The fourth-order valence-electron chi connectivity index (χ4n) is 4.27. The molecule has 0 radical (unpaired) electrons. The molecule has 3 unspecified atom stereocenters. The molecule has 6 heteroatoms. The second-order valence-electron chi connectivity index (χ2n) is 7.31. The molecule has 1 aromatic carbocycles. The molecule has 0 spiro atoms. The second-order valence-corrected chi connectivity index (χ2v) is 9.20. The first-order valence-corrected chi connectivity index (χ1v) is 10.0. The largest absolute Gasteiger partial charge is 0.497 e. The SMILES string of the molecule is COc1ccc(S(=O)C(C)(C2CCCC2)C(C(=O)NO)C(C)C)cc1. The fraction of sp³-hybridized carbons (Fsp3) is 0.632. The predicted molar refractivity (Wildman–Crippen MR) is 98.0 cm³/mol. The van der Waals surface area contributed by atoms with Crippen molar-refractivity contribution in [2.75, 3.05) is 7.11 Å². The summed E-state index contributed by atoms with van der Waals surface area (Å²) in [6.45, 7) is 5.83. The van der Waals surface area contributed by atoms with E-state index in [0.29, 0.717) is 10.6 Å². The minimum Gasteiger partial charge on any atom is -0.497 e. The van der Waals surface area contributed by atoms with Crippen molar-refractivity contribution in [2.24, 2.45) is 17.8 Å². The number of carbonyl (C=O) groups is 1. The number of hydrogen-bond acceptors (Lipinski definition) is 4. The van der Waals surface area contributed by atoms with Gasteiger partial charge in [-0.1, -0.05) is 26.7 Å². The molecule has 0 aliphatic heterocycles. The molecule has 2 rings (SSSR count). The van der Waals surface area contributed by atoms with Crippen LogP contribution in [-0.2, 0) is 15.6 Å². The Kier molecular flexibility index (Phi) is 6.63. The molecule has 0 heterocycles. The molecule has 5 nitrogen and oxygen atoms in total. The van der Waals surface area contributed by atoms with Gasteiger partial charge in [-0.05, 0) is 55.9 Å². The summed E-state index contributed by atoms with van der Waals surface area (Å²) in [7, 11) is 0.205. The first-order chi connectivity index (χ1) is 11.9.